The lowest BCUT2D eigenvalue weighted by Crippen LogP contribution is -2.44. The van der Waals surface area contributed by atoms with Crippen molar-refractivity contribution in [1.82, 2.24) is 19.8 Å². The summed E-state index contributed by atoms with van der Waals surface area (Å²) in [5.74, 6) is 1.09. The quantitative estimate of drug-likeness (QED) is 0.411. The van der Waals surface area contributed by atoms with E-state index in [1.165, 1.54) is 12.1 Å². The van der Waals surface area contributed by atoms with Crippen LogP contribution < -0.4 is 19.5 Å². The highest BCUT2D eigenvalue weighted by Crippen LogP contribution is 2.32. The number of amides is 1. The molecule has 186 valence electrons. The van der Waals surface area contributed by atoms with Gasteiger partial charge in [0, 0.05) is 51.8 Å². The molecule has 9 nitrogen and oxygen atoms in total. The molecule has 0 radical (unpaired) electrons. The number of likely N-dealkylation sites (N-methyl/N-ethyl adjacent to an activating group) is 1. The molecule has 1 aromatic rings. The van der Waals surface area contributed by atoms with Gasteiger partial charge < -0.3 is 24.6 Å². The summed E-state index contributed by atoms with van der Waals surface area (Å²) < 4.78 is 38.4. The number of carbonyl (C=O) groups excluding carboxylic acids is 1. The molecule has 3 rings (SSSR count). The van der Waals surface area contributed by atoms with Gasteiger partial charge in [-0.25, -0.2) is 13.1 Å². The molecule has 2 N–H and O–H groups in total. The van der Waals surface area contributed by atoms with Crippen molar-refractivity contribution in [3.63, 3.8) is 0 Å². The molecule has 1 aromatic carbocycles. The number of carbonyl (C=O) groups is 1. The van der Waals surface area contributed by atoms with Crippen LogP contribution in [-0.2, 0) is 14.8 Å². The summed E-state index contributed by atoms with van der Waals surface area (Å²) in [6, 6.07) is 4.63. The molecule has 2 heterocycles. The minimum absolute atomic E-state index is 0.0754. The van der Waals surface area contributed by atoms with Gasteiger partial charge in [0.05, 0.1) is 4.90 Å². The molecule has 2 aliphatic rings. The molecule has 0 spiro atoms. The number of benzene rings is 1. The van der Waals surface area contributed by atoms with Crippen molar-refractivity contribution in [1.29, 1.82) is 0 Å². The third-order valence-corrected chi connectivity index (χ3v) is 7.47. The Morgan fingerprint density at radius 3 is 2.45 bits per heavy atom. The predicted molar refractivity (Wildman–Crippen MR) is 127 cm³/mol. The first-order valence-electron chi connectivity index (χ1n) is 12.0. The largest absolute Gasteiger partial charge is 0.486 e. The summed E-state index contributed by atoms with van der Waals surface area (Å²) in [7, 11) is -1.44. The second-order valence-corrected chi connectivity index (χ2v) is 10.5. The number of hydrogen-bond donors (Lipinski definition) is 2. The lowest BCUT2D eigenvalue weighted by Gasteiger charge is -2.32. The van der Waals surface area contributed by atoms with E-state index < -0.39 is 10.0 Å². The number of piperazine rings is 1. The van der Waals surface area contributed by atoms with Gasteiger partial charge in [-0.2, -0.15) is 0 Å². The van der Waals surface area contributed by atoms with Crippen LogP contribution in [0.25, 0.3) is 0 Å². The fourth-order valence-electron chi connectivity index (χ4n) is 3.92. The van der Waals surface area contributed by atoms with Crippen molar-refractivity contribution in [2.45, 2.75) is 43.4 Å². The number of ether oxygens (including phenoxy) is 2. The normalized spacial score (nSPS) is 17.1. The third-order valence-electron chi connectivity index (χ3n) is 6.02. The average Bonchev–Trinajstić information content (AvgIpc) is 2.82. The van der Waals surface area contributed by atoms with E-state index in [1.54, 1.807) is 6.07 Å². The number of nitrogens with one attached hydrogen (secondary N) is 2. The topological polar surface area (TPSA) is 100 Å². The number of nitrogens with zero attached hydrogens (tertiary/aromatic N) is 2. The maximum Gasteiger partial charge on any atom is 0.240 e. The maximum absolute atomic E-state index is 12.5. The molecule has 0 aliphatic carbocycles. The summed E-state index contributed by atoms with van der Waals surface area (Å²) >= 11 is 0. The van der Waals surface area contributed by atoms with Gasteiger partial charge in [0.2, 0.25) is 15.9 Å². The van der Waals surface area contributed by atoms with Crippen molar-refractivity contribution >= 4 is 15.9 Å². The lowest BCUT2D eigenvalue weighted by atomic mass is 10.2. The van der Waals surface area contributed by atoms with Gasteiger partial charge >= 0.3 is 0 Å². The third kappa shape index (κ3) is 8.77. The molecule has 0 unspecified atom stereocenters. The highest BCUT2D eigenvalue weighted by molar-refractivity contribution is 7.89. The molecule has 1 amide bonds. The van der Waals surface area contributed by atoms with Crippen LogP contribution in [0.5, 0.6) is 11.5 Å². The van der Waals surface area contributed by atoms with Gasteiger partial charge in [-0.1, -0.05) is 6.42 Å². The van der Waals surface area contributed by atoms with Gasteiger partial charge in [0.1, 0.15) is 13.2 Å². The monoisotopic (exact) mass is 482 g/mol. The average molecular weight is 483 g/mol. The number of fused-ring (bicyclic) bond motifs is 1. The van der Waals surface area contributed by atoms with E-state index in [4.69, 9.17) is 9.47 Å². The standard InChI is InChI=1S/C23H38N4O5S/c1-26-13-15-27(16-14-26)12-6-5-10-24-23(28)7-3-2-4-11-25-33(29,30)20-8-9-21-22(19-20)32-18-17-31-21/h8-9,19,25H,2-7,10-18H2,1H3,(H,24,28). The molecule has 2 aliphatic heterocycles. The zero-order valence-electron chi connectivity index (χ0n) is 19.7. The Morgan fingerprint density at radius 2 is 1.67 bits per heavy atom. The van der Waals surface area contributed by atoms with Crippen LogP contribution in [0.15, 0.2) is 23.1 Å². The van der Waals surface area contributed by atoms with Crippen LogP contribution in [0.2, 0.25) is 0 Å². The second-order valence-electron chi connectivity index (χ2n) is 8.72. The van der Waals surface area contributed by atoms with Crippen LogP contribution in [0.4, 0.5) is 0 Å². The Balaban J connectivity index is 1.20. The number of unbranched alkanes of at least 4 members (excludes halogenated alkanes) is 3. The number of hydrogen-bond acceptors (Lipinski definition) is 7. The summed E-state index contributed by atoms with van der Waals surface area (Å²) in [5.41, 5.74) is 0. The van der Waals surface area contributed by atoms with Gasteiger partial charge in [-0.3, -0.25) is 4.79 Å². The summed E-state index contributed by atoms with van der Waals surface area (Å²) in [6.07, 6.45) is 4.81. The van der Waals surface area contributed by atoms with E-state index in [0.29, 0.717) is 44.1 Å². The fourth-order valence-corrected chi connectivity index (χ4v) is 5.01. The minimum atomic E-state index is -3.60. The fraction of sp³-hybridized carbons (Fsp3) is 0.696. The van der Waals surface area contributed by atoms with E-state index in [0.717, 1.165) is 65.0 Å². The van der Waals surface area contributed by atoms with Gasteiger partial charge in [0.15, 0.2) is 11.5 Å². The number of sulfonamides is 1. The molecule has 1 fully saturated rings. The first kappa shape index (κ1) is 25.7. The summed E-state index contributed by atoms with van der Waals surface area (Å²) in [5, 5.41) is 2.99. The molecular weight excluding hydrogens is 444 g/mol. The van der Waals surface area contributed by atoms with Gasteiger partial charge in [0.25, 0.3) is 0 Å². The maximum atomic E-state index is 12.5. The molecule has 1 saturated heterocycles. The van der Waals surface area contributed by atoms with Crippen LogP contribution in [-0.4, -0.2) is 90.2 Å². The van der Waals surface area contributed by atoms with E-state index in [2.05, 4.69) is 26.9 Å². The van der Waals surface area contributed by atoms with Gasteiger partial charge in [-0.15, -0.1) is 0 Å². The molecule has 0 aromatic heterocycles. The molecule has 0 atom stereocenters. The van der Waals surface area contributed by atoms with Crippen LogP contribution >= 0.6 is 0 Å². The molecule has 0 bridgehead atoms. The van der Waals surface area contributed by atoms with E-state index in [-0.39, 0.29) is 10.8 Å². The zero-order chi connectivity index (χ0) is 23.5. The first-order chi connectivity index (χ1) is 15.9. The van der Waals surface area contributed by atoms with Crippen molar-refractivity contribution < 1.29 is 22.7 Å². The Kier molecular flexibility index (Phi) is 10.2. The SMILES string of the molecule is CN1CCN(CCCCNC(=O)CCCCCNS(=O)(=O)c2ccc3c(c2)OCCO3)CC1. The molecule has 33 heavy (non-hydrogen) atoms. The van der Waals surface area contributed by atoms with Crippen molar-refractivity contribution in [3.05, 3.63) is 18.2 Å². The Labute approximate surface area is 197 Å². The second kappa shape index (κ2) is 13.1. The van der Waals surface area contributed by atoms with Crippen molar-refractivity contribution in [2.24, 2.45) is 0 Å². The molecule has 10 heteroatoms. The Bertz CT molecular complexity index is 856. The highest BCUT2D eigenvalue weighted by Gasteiger charge is 2.19. The predicted octanol–water partition coefficient (Wildman–Crippen LogP) is 1.44. The lowest BCUT2D eigenvalue weighted by molar-refractivity contribution is -0.121. The van der Waals surface area contributed by atoms with Crippen LogP contribution in [0.3, 0.4) is 0 Å². The highest BCUT2D eigenvalue weighted by atomic mass is 32.2. The van der Waals surface area contributed by atoms with Gasteiger partial charge in [-0.05, 0) is 51.4 Å². The Hall–Kier alpha value is -1.88. The minimum Gasteiger partial charge on any atom is -0.486 e. The molecular formula is C23H38N4O5S. The molecule has 0 saturated carbocycles. The first-order valence-corrected chi connectivity index (χ1v) is 13.5. The van der Waals surface area contributed by atoms with Crippen molar-refractivity contribution in [2.75, 3.05) is 66.1 Å². The number of rotatable bonds is 13. The van der Waals surface area contributed by atoms with Crippen LogP contribution in [0, 0.1) is 0 Å². The van der Waals surface area contributed by atoms with E-state index >= 15 is 0 Å². The zero-order valence-corrected chi connectivity index (χ0v) is 20.5. The van der Waals surface area contributed by atoms with E-state index in [9.17, 15) is 13.2 Å². The smallest absolute Gasteiger partial charge is 0.240 e. The summed E-state index contributed by atoms with van der Waals surface area (Å²) in [6.45, 7) is 7.58. The van der Waals surface area contributed by atoms with Crippen LogP contribution in [0.1, 0.15) is 38.5 Å². The summed E-state index contributed by atoms with van der Waals surface area (Å²) in [4.78, 5) is 17.0. The van der Waals surface area contributed by atoms with Crippen molar-refractivity contribution in [3.8, 4) is 11.5 Å². The Morgan fingerprint density at radius 1 is 0.939 bits per heavy atom. The van der Waals surface area contributed by atoms with E-state index in [1.807, 2.05) is 0 Å².